The summed E-state index contributed by atoms with van der Waals surface area (Å²) >= 11 is 1.78. The Morgan fingerprint density at radius 1 is 1.17 bits per heavy atom. The SMILES string of the molecule is CCCCCCCCC/C=C/C=C/C(Cc1cccc(C(=O)OC)c1)SCCC#N. The molecule has 30 heavy (non-hydrogen) atoms. The standard InChI is InChI=1S/C26H37NO2S/c1-3-4-5-6-7-8-9-10-11-12-13-18-25(30-20-15-19-27)22-23-16-14-17-24(21-23)26(28)29-2/h11-14,16-18,21,25H,3-10,15,20,22H2,1-2H3/b12-11+,18-13+. The van der Waals surface area contributed by atoms with Gasteiger partial charge in [-0.25, -0.2) is 4.79 Å². The number of benzene rings is 1. The van der Waals surface area contributed by atoms with Gasteiger partial charge in [-0.05, 0) is 37.0 Å². The number of rotatable bonds is 16. The molecule has 1 aromatic carbocycles. The van der Waals surface area contributed by atoms with Crippen molar-refractivity contribution >= 4 is 17.7 Å². The van der Waals surface area contributed by atoms with Gasteiger partial charge in [-0.15, -0.1) is 0 Å². The molecule has 0 aliphatic carbocycles. The van der Waals surface area contributed by atoms with Crippen molar-refractivity contribution in [3.63, 3.8) is 0 Å². The van der Waals surface area contributed by atoms with Gasteiger partial charge in [0.2, 0.25) is 0 Å². The fourth-order valence-electron chi connectivity index (χ4n) is 3.20. The summed E-state index contributed by atoms with van der Waals surface area (Å²) in [6, 6.07) is 9.81. The van der Waals surface area contributed by atoms with Gasteiger partial charge in [-0.2, -0.15) is 17.0 Å². The summed E-state index contributed by atoms with van der Waals surface area (Å²) in [5.41, 5.74) is 1.68. The summed E-state index contributed by atoms with van der Waals surface area (Å²) in [5.74, 6) is 0.499. The van der Waals surface area contributed by atoms with Crippen molar-refractivity contribution in [3.05, 3.63) is 59.7 Å². The molecule has 1 atom stereocenters. The van der Waals surface area contributed by atoms with E-state index in [1.807, 2.05) is 18.2 Å². The number of hydrogen-bond donors (Lipinski definition) is 0. The van der Waals surface area contributed by atoms with E-state index in [2.05, 4.69) is 37.3 Å². The molecule has 1 unspecified atom stereocenters. The first-order valence-electron chi connectivity index (χ1n) is 11.2. The lowest BCUT2D eigenvalue weighted by Crippen LogP contribution is -2.07. The molecule has 164 valence electrons. The van der Waals surface area contributed by atoms with Crippen LogP contribution in [0.15, 0.2) is 48.6 Å². The average Bonchev–Trinajstić information content (AvgIpc) is 2.77. The van der Waals surface area contributed by atoms with Gasteiger partial charge in [-0.1, -0.05) is 81.9 Å². The number of methoxy groups -OCH3 is 1. The van der Waals surface area contributed by atoms with Gasteiger partial charge in [0.15, 0.2) is 0 Å². The van der Waals surface area contributed by atoms with Crippen molar-refractivity contribution in [1.82, 2.24) is 0 Å². The van der Waals surface area contributed by atoms with Crippen LogP contribution in [0.3, 0.4) is 0 Å². The molecule has 0 N–H and O–H groups in total. The Hall–Kier alpha value is -1.99. The van der Waals surface area contributed by atoms with Gasteiger partial charge in [0, 0.05) is 17.4 Å². The highest BCUT2D eigenvalue weighted by Gasteiger charge is 2.10. The molecule has 1 rings (SSSR count). The number of carbonyl (C=O) groups is 1. The van der Waals surface area contributed by atoms with Crippen LogP contribution in [0.4, 0.5) is 0 Å². The summed E-state index contributed by atoms with van der Waals surface area (Å²) in [4.78, 5) is 11.8. The monoisotopic (exact) mass is 427 g/mol. The molecular weight excluding hydrogens is 390 g/mol. The van der Waals surface area contributed by atoms with Crippen molar-refractivity contribution < 1.29 is 9.53 Å². The molecule has 3 nitrogen and oxygen atoms in total. The van der Waals surface area contributed by atoms with E-state index >= 15 is 0 Å². The van der Waals surface area contributed by atoms with Crippen LogP contribution in [0.2, 0.25) is 0 Å². The molecular formula is C26H37NO2S. The lowest BCUT2D eigenvalue weighted by Gasteiger charge is -2.12. The number of carbonyl (C=O) groups excluding carboxylic acids is 1. The number of nitrogens with zero attached hydrogens (tertiary/aromatic N) is 1. The molecule has 0 bridgehead atoms. The Morgan fingerprint density at radius 3 is 2.67 bits per heavy atom. The summed E-state index contributed by atoms with van der Waals surface area (Å²) < 4.78 is 4.82. The number of ether oxygens (including phenoxy) is 1. The fourth-order valence-corrected chi connectivity index (χ4v) is 4.22. The van der Waals surface area contributed by atoms with Crippen LogP contribution < -0.4 is 0 Å². The van der Waals surface area contributed by atoms with E-state index in [0.717, 1.165) is 24.2 Å². The predicted octanol–water partition coefficient (Wildman–Crippen LogP) is 7.28. The van der Waals surface area contributed by atoms with Crippen molar-refractivity contribution in [2.45, 2.75) is 76.4 Å². The van der Waals surface area contributed by atoms with Crippen molar-refractivity contribution in [2.24, 2.45) is 0 Å². The Kier molecular flexibility index (Phi) is 15.5. The van der Waals surface area contributed by atoms with E-state index in [-0.39, 0.29) is 11.2 Å². The zero-order chi connectivity index (χ0) is 21.9. The molecule has 1 aromatic rings. The largest absolute Gasteiger partial charge is 0.465 e. The molecule has 0 saturated carbocycles. The quantitative estimate of drug-likeness (QED) is 0.158. The normalized spacial score (nSPS) is 12.3. The Morgan fingerprint density at radius 2 is 1.93 bits per heavy atom. The number of allylic oxidation sites excluding steroid dienone is 3. The van der Waals surface area contributed by atoms with E-state index in [1.165, 1.54) is 52.1 Å². The lowest BCUT2D eigenvalue weighted by molar-refractivity contribution is 0.0600. The third kappa shape index (κ3) is 12.5. The summed E-state index contributed by atoms with van der Waals surface area (Å²) in [5, 5.41) is 9.10. The highest BCUT2D eigenvalue weighted by atomic mass is 32.2. The third-order valence-corrected chi connectivity index (χ3v) is 6.07. The Labute approximate surface area is 187 Å². The van der Waals surface area contributed by atoms with E-state index in [9.17, 15) is 4.79 Å². The number of unbranched alkanes of at least 4 members (excludes halogenated alkanes) is 7. The zero-order valence-electron chi connectivity index (χ0n) is 18.6. The van der Waals surface area contributed by atoms with E-state index in [1.54, 1.807) is 17.8 Å². The van der Waals surface area contributed by atoms with Crippen molar-refractivity contribution in [3.8, 4) is 6.07 Å². The molecule has 0 aliphatic heterocycles. The van der Waals surface area contributed by atoms with Gasteiger partial charge in [-0.3, -0.25) is 0 Å². The van der Waals surface area contributed by atoms with Crippen LogP contribution in [0.1, 0.15) is 80.6 Å². The van der Waals surface area contributed by atoms with Crippen LogP contribution in [0, 0.1) is 11.3 Å². The molecule has 0 radical (unpaired) electrons. The van der Waals surface area contributed by atoms with E-state index in [0.29, 0.717) is 12.0 Å². The molecule has 0 amide bonds. The van der Waals surface area contributed by atoms with Gasteiger partial charge in [0.05, 0.1) is 18.7 Å². The van der Waals surface area contributed by atoms with E-state index < -0.39 is 0 Å². The molecule has 0 saturated heterocycles. The topological polar surface area (TPSA) is 50.1 Å². The first-order valence-corrected chi connectivity index (χ1v) is 12.2. The molecule has 0 aliphatic rings. The van der Waals surface area contributed by atoms with Crippen LogP contribution >= 0.6 is 11.8 Å². The van der Waals surface area contributed by atoms with Gasteiger partial charge in [0.1, 0.15) is 0 Å². The summed E-state index contributed by atoms with van der Waals surface area (Å²) in [7, 11) is 1.40. The average molecular weight is 428 g/mol. The van der Waals surface area contributed by atoms with Gasteiger partial charge in [0.25, 0.3) is 0 Å². The molecule has 0 spiro atoms. The second-order valence-corrected chi connectivity index (χ2v) is 8.78. The molecule has 0 fully saturated rings. The maximum atomic E-state index is 11.8. The highest BCUT2D eigenvalue weighted by molar-refractivity contribution is 8.00. The third-order valence-electron chi connectivity index (χ3n) is 4.88. The maximum Gasteiger partial charge on any atom is 0.337 e. The Bertz CT molecular complexity index is 691. The zero-order valence-corrected chi connectivity index (χ0v) is 19.5. The lowest BCUT2D eigenvalue weighted by atomic mass is 10.1. The number of esters is 1. The van der Waals surface area contributed by atoms with E-state index in [4.69, 9.17) is 10.00 Å². The first-order chi connectivity index (χ1) is 14.7. The first kappa shape index (κ1) is 26.0. The maximum absolute atomic E-state index is 11.8. The molecule has 0 heterocycles. The molecule has 0 aromatic heterocycles. The fraction of sp³-hybridized carbons (Fsp3) is 0.538. The minimum atomic E-state index is -0.311. The van der Waals surface area contributed by atoms with Crippen LogP contribution in [-0.4, -0.2) is 24.1 Å². The predicted molar refractivity (Wildman–Crippen MR) is 129 cm³/mol. The molecule has 4 heteroatoms. The van der Waals surface area contributed by atoms with Gasteiger partial charge >= 0.3 is 5.97 Å². The van der Waals surface area contributed by atoms with Crippen LogP contribution in [-0.2, 0) is 11.2 Å². The second-order valence-electron chi connectivity index (χ2n) is 7.44. The number of thioether (sulfide) groups is 1. The van der Waals surface area contributed by atoms with Crippen LogP contribution in [0.25, 0.3) is 0 Å². The second kappa shape index (κ2) is 17.8. The minimum absolute atomic E-state index is 0.273. The number of nitriles is 1. The number of hydrogen-bond acceptors (Lipinski definition) is 4. The Balaban J connectivity index is 2.48. The van der Waals surface area contributed by atoms with Crippen molar-refractivity contribution in [2.75, 3.05) is 12.9 Å². The van der Waals surface area contributed by atoms with Gasteiger partial charge < -0.3 is 4.74 Å². The van der Waals surface area contributed by atoms with Crippen LogP contribution in [0.5, 0.6) is 0 Å². The summed E-state index contributed by atoms with van der Waals surface area (Å²) in [6.45, 7) is 2.25. The minimum Gasteiger partial charge on any atom is -0.465 e. The highest BCUT2D eigenvalue weighted by Crippen LogP contribution is 2.20. The summed E-state index contributed by atoms with van der Waals surface area (Å²) in [6.07, 6.45) is 20.6. The smallest absolute Gasteiger partial charge is 0.337 e. The van der Waals surface area contributed by atoms with Crippen molar-refractivity contribution in [1.29, 1.82) is 5.26 Å².